The van der Waals surface area contributed by atoms with Crippen LogP contribution in [-0.2, 0) is 4.79 Å². The van der Waals surface area contributed by atoms with Gasteiger partial charge in [0, 0.05) is 18.1 Å². The van der Waals surface area contributed by atoms with Crippen LogP contribution in [0.15, 0.2) is 24.3 Å². The van der Waals surface area contributed by atoms with E-state index < -0.39 is 11.4 Å². The molecule has 1 aromatic carbocycles. The molecule has 0 amide bonds. The standard InChI is InChI=1S/C15H20ClNO3/c1-15(14(18)19)7-2-8-17(11-15)9-10-20-13-5-3-12(16)4-6-13/h3-6H,2,7-11H2,1H3,(H,18,19). The summed E-state index contributed by atoms with van der Waals surface area (Å²) < 4.78 is 5.64. The molecule has 5 heteroatoms. The van der Waals surface area contributed by atoms with E-state index in [-0.39, 0.29) is 0 Å². The highest BCUT2D eigenvalue weighted by atomic mass is 35.5. The minimum atomic E-state index is -0.708. The number of carbonyl (C=O) groups is 1. The SMILES string of the molecule is CC1(C(=O)O)CCCN(CCOc2ccc(Cl)cc2)C1. The lowest BCUT2D eigenvalue weighted by molar-refractivity contribution is -0.151. The number of nitrogens with zero attached hydrogens (tertiary/aromatic N) is 1. The monoisotopic (exact) mass is 297 g/mol. The Hall–Kier alpha value is -1.26. The molecule has 1 aliphatic rings. The average Bonchev–Trinajstić information content (AvgIpc) is 2.41. The molecule has 0 spiro atoms. The summed E-state index contributed by atoms with van der Waals surface area (Å²) in [7, 11) is 0. The predicted octanol–water partition coefficient (Wildman–Crippen LogP) is 2.91. The number of piperidine rings is 1. The largest absolute Gasteiger partial charge is 0.492 e. The van der Waals surface area contributed by atoms with E-state index in [1.54, 1.807) is 12.1 Å². The van der Waals surface area contributed by atoms with Gasteiger partial charge in [0.25, 0.3) is 0 Å². The van der Waals surface area contributed by atoms with Gasteiger partial charge in [0.15, 0.2) is 0 Å². The van der Waals surface area contributed by atoms with Gasteiger partial charge in [0.2, 0.25) is 0 Å². The van der Waals surface area contributed by atoms with Crippen LogP contribution in [-0.4, -0.2) is 42.2 Å². The molecule has 20 heavy (non-hydrogen) atoms. The van der Waals surface area contributed by atoms with Crippen LogP contribution in [0.2, 0.25) is 5.02 Å². The summed E-state index contributed by atoms with van der Waals surface area (Å²) >= 11 is 5.81. The average molecular weight is 298 g/mol. The number of ether oxygens (including phenoxy) is 1. The maximum atomic E-state index is 11.3. The Balaban J connectivity index is 1.79. The first-order valence-corrected chi connectivity index (χ1v) is 7.21. The van der Waals surface area contributed by atoms with Crippen LogP contribution in [0.5, 0.6) is 5.75 Å². The van der Waals surface area contributed by atoms with Crippen LogP contribution in [0.25, 0.3) is 0 Å². The Morgan fingerprint density at radius 2 is 2.15 bits per heavy atom. The molecule has 0 saturated carbocycles. The third-order valence-electron chi connectivity index (χ3n) is 3.78. The lowest BCUT2D eigenvalue weighted by Gasteiger charge is -2.37. The molecule has 1 aromatic rings. The van der Waals surface area contributed by atoms with Gasteiger partial charge in [0.1, 0.15) is 12.4 Å². The molecule has 1 heterocycles. The van der Waals surface area contributed by atoms with Gasteiger partial charge in [0.05, 0.1) is 5.41 Å². The minimum Gasteiger partial charge on any atom is -0.492 e. The Morgan fingerprint density at radius 3 is 2.80 bits per heavy atom. The normalized spacial score (nSPS) is 23.5. The topological polar surface area (TPSA) is 49.8 Å². The Bertz CT molecular complexity index is 463. The zero-order chi connectivity index (χ0) is 14.6. The number of benzene rings is 1. The Kier molecular flexibility index (Phi) is 4.89. The van der Waals surface area contributed by atoms with E-state index in [0.29, 0.717) is 18.2 Å². The smallest absolute Gasteiger partial charge is 0.310 e. The fourth-order valence-electron chi connectivity index (χ4n) is 2.53. The quantitative estimate of drug-likeness (QED) is 0.908. The fraction of sp³-hybridized carbons (Fsp3) is 0.533. The maximum absolute atomic E-state index is 11.3. The van der Waals surface area contributed by atoms with E-state index in [1.807, 2.05) is 19.1 Å². The van der Waals surface area contributed by atoms with Gasteiger partial charge in [-0.2, -0.15) is 0 Å². The van der Waals surface area contributed by atoms with Crippen molar-refractivity contribution in [2.24, 2.45) is 5.41 Å². The van der Waals surface area contributed by atoms with Gasteiger partial charge >= 0.3 is 5.97 Å². The number of carboxylic acid groups (broad SMARTS) is 1. The van der Waals surface area contributed by atoms with Crippen molar-refractivity contribution >= 4 is 17.6 Å². The molecule has 1 saturated heterocycles. The van der Waals surface area contributed by atoms with Crippen molar-refractivity contribution < 1.29 is 14.6 Å². The van der Waals surface area contributed by atoms with Crippen molar-refractivity contribution in [2.75, 3.05) is 26.2 Å². The lowest BCUT2D eigenvalue weighted by Crippen LogP contribution is -2.47. The summed E-state index contributed by atoms with van der Waals surface area (Å²) in [4.78, 5) is 13.4. The molecule has 1 atom stereocenters. The number of rotatable bonds is 5. The Morgan fingerprint density at radius 1 is 1.45 bits per heavy atom. The first-order chi connectivity index (χ1) is 9.49. The van der Waals surface area contributed by atoms with Crippen LogP contribution >= 0.6 is 11.6 Å². The van der Waals surface area contributed by atoms with Crippen molar-refractivity contribution in [1.82, 2.24) is 4.90 Å². The number of carboxylic acids is 1. The summed E-state index contributed by atoms with van der Waals surface area (Å²) in [6, 6.07) is 7.25. The summed E-state index contributed by atoms with van der Waals surface area (Å²) in [6.07, 6.45) is 1.67. The maximum Gasteiger partial charge on any atom is 0.310 e. The van der Waals surface area contributed by atoms with E-state index in [4.69, 9.17) is 16.3 Å². The molecular weight excluding hydrogens is 278 g/mol. The van der Waals surface area contributed by atoms with E-state index in [9.17, 15) is 9.90 Å². The van der Waals surface area contributed by atoms with Crippen molar-refractivity contribution in [3.63, 3.8) is 0 Å². The van der Waals surface area contributed by atoms with E-state index in [2.05, 4.69) is 4.90 Å². The van der Waals surface area contributed by atoms with Crippen LogP contribution in [0, 0.1) is 5.41 Å². The molecule has 0 radical (unpaired) electrons. The summed E-state index contributed by atoms with van der Waals surface area (Å²) in [5.74, 6) is 0.0771. The number of hydrogen-bond donors (Lipinski definition) is 1. The molecule has 1 N–H and O–H groups in total. The van der Waals surface area contributed by atoms with E-state index >= 15 is 0 Å². The zero-order valence-electron chi connectivity index (χ0n) is 11.6. The van der Waals surface area contributed by atoms with Gasteiger partial charge in [-0.05, 0) is 50.6 Å². The van der Waals surface area contributed by atoms with Gasteiger partial charge in [-0.25, -0.2) is 0 Å². The van der Waals surface area contributed by atoms with Gasteiger partial charge < -0.3 is 9.84 Å². The summed E-state index contributed by atoms with van der Waals surface area (Å²) in [5, 5.41) is 9.96. The highest BCUT2D eigenvalue weighted by molar-refractivity contribution is 6.30. The number of halogens is 1. The van der Waals surface area contributed by atoms with Crippen molar-refractivity contribution in [1.29, 1.82) is 0 Å². The molecule has 2 rings (SSSR count). The predicted molar refractivity (Wildman–Crippen MR) is 78.4 cm³/mol. The zero-order valence-corrected chi connectivity index (χ0v) is 12.4. The fourth-order valence-corrected chi connectivity index (χ4v) is 2.66. The van der Waals surface area contributed by atoms with Gasteiger partial charge in [-0.15, -0.1) is 0 Å². The molecule has 110 valence electrons. The van der Waals surface area contributed by atoms with E-state index in [0.717, 1.165) is 31.7 Å². The summed E-state index contributed by atoms with van der Waals surface area (Å²) in [6.45, 7) is 4.64. The highest BCUT2D eigenvalue weighted by Gasteiger charge is 2.37. The molecule has 0 aromatic heterocycles. The van der Waals surface area contributed by atoms with Crippen molar-refractivity contribution in [2.45, 2.75) is 19.8 Å². The molecule has 0 bridgehead atoms. The van der Waals surface area contributed by atoms with Crippen LogP contribution in [0.1, 0.15) is 19.8 Å². The molecule has 1 unspecified atom stereocenters. The second kappa shape index (κ2) is 6.46. The molecule has 1 aliphatic heterocycles. The third-order valence-corrected chi connectivity index (χ3v) is 4.03. The molecule has 1 fully saturated rings. The highest BCUT2D eigenvalue weighted by Crippen LogP contribution is 2.29. The molecule has 4 nitrogen and oxygen atoms in total. The second-order valence-electron chi connectivity index (χ2n) is 5.55. The Labute approximate surface area is 124 Å². The first-order valence-electron chi connectivity index (χ1n) is 6.84. The van der Waals surface area contributed by atoms with Crippen LogP contribution in [0.4, 0.5) is 0 Å². The van der Waals surface area contributed by atoms with E-state index in [1.165, 1.54) is 0 Å². The minimum absolute atomic E-state index is 0.553. The number of hydrogen-bond acceptors (Lipinski definition) is 3. The van der Waals surface area contributed by atoms with Gasteiger partial charge in [-0.1, -0.05) is 11.6 Å². The van der Waals surface area contributed by atoms with Crippen LogP contribution < -0.4 is 4.74 Å². The lowest BCUT2D eigenvalue weighted by atomic mass is 9.82. The van der Waals surface area contributed by atoms with Crippen LogP contribution in [0.3, 0.4) is 0 Å². The summed E-state index contributed by atoms with van der Waals surface area (Å²) in [5.41, 5.74) is -0.626. The number of likely N-dealkylation sites (tertiary alicyclic amines) is 1. The molecular formula is C15H20ClNO3. The first kappa shape index (κ1) is 15.1. The van der Waals surface area contributed by atoms with Crippen molar-refractivity contribution in [3.05, 3.63) is 29.3 Å². The second-order valence-corrected chi connectivity index (χ2v) is 5.98. The number of aliphatic carboxylic acids is 1. The molecule has 0 aliphatic carbocycles. The van der Waals surface area contributed by atoms with Gasteiger partial charge in [-0.3, -0.25) is 9.69 Å². The van der Waals surface area contributed by atoms with Crippen molar-refractivity contribution in [3.8, 4) is 5.75 Å². The third kappa shape index (κ3) is 3.87.